The van der Waals surface area contributed by atoms with Crippen molar-refractivity contribution in [1.82, 2.24) is 4.98 Å². The minimum absolute atomic E-state index is 0.467. The summed E-state index contributed by atoms with van der Waals surface area (Å²) in [6, 6.07) is 12.0. The Morgan fingerprint density at radius 3 is 2.86 bits per heavy atom. The van der Waals surface area contributed by atoms with Crippen molar-refractivity contribution in [2.75, 3.05) is 11.4 Å². The molecule has 0 amide bonds. The first kappa shape index (κ1) is 15.8. The molecule has 1 aromatic carbocycles. The zero-order valence-corrected chi connectivity index (χ0v) is 13.8. The molecule has 2 aromatic rings. The third-order valence-electron chi connectivity index (χ3n) is 3.12. The van der Waals surface area contributed by atoms with Crippen LogP contribution in [0.4, 0.5) is 5.69 Å². The Balaban J connectivity index is 2.31. The van der Waals surface area contributed by atoms with Gasteiger partial charge < -0.3 is 4.90 Å². The van der Waals surface area contributed by atoms with Gasteiger partial charge in [0.25, 0.3) is 0 Å². The number of nitrogens with zero attached hydrogens (tertiary/aromatic N) is 3. The van der Waals surface area contributed by atoms with Crippen molar-refractivity contribution >= 4 is 33.2 Å². The maximum atomic E-state index is 8.88. The molecule has 0 spiro atoms. The summed E-state index contributed by atoms with van der Waals surface area (Å²) in [5.74, 6) is 0. The highest BCUT2D eigenvalue weighted by atomic mass is 79.9. The molecule has 1 heterocycles. The Labute approximate surface area is 138 Å². The summed E-state index contributed by atoms with van der Waals surface area (Å²) >= 11 is 9.64. The molecule has 0 bridgehead atoms. The van der Waals surface area contributed by atoms with Crippen molar-refractivity contribution in [2.45, 2.75) is 18.3 Å². The average Bonchev–Trinajstić information content (AvgIpc) is 2.52. The fourth-order valence-electron chi connectivity index (χ4n) is 2.13. The quantitative estimate of drug-likeness (QED) is 0.706. The second-order valence-corrected chi connectivity index (χ2v) is 5.59. The SMILES string of the molecule is N#CCCN(Cc1cccnc1)c1cc(Cl)ccc1CBr. The van der Waals surface area contributed by atoms with Gasteiger partial charge in [-0.05, 0) is 29.3 Å². The predicted molar refractivity (Wildman–Crippen MR) is 89.6 cm³/mol. The molecule has 0 unspecified atom stereocenters. The van der Waals surface area contributed by atoms with Crippen molar-refractivity contribution in [2.24, 2.45) is 0 Å². The summed E-state index contributed by atoms with van der Waals surface area (Å²) in [4.78, 5) is 6.31. The monoisotopic (exact) mass is 363 g/mol. The lowest BCUT2D eigenvalue weighted by molar-refractivity contribution is 0.792. The minimum atomic E-state index is 0.467. The largest absolute Gasteiger partial charge is 0.366 e. The maximum Gasteiger partial charge on any atom is 0.0640 e. The zero-order valence-electron chi connectivity index (χ0n) is 11.5. The Bertz CT molecular complexity index is 625. The van der Waals surface area contributed by atoms with Crippen LogP contribution < -0.4 is 4.90 Å². The van der Waals surface area contributed by atoms with Crippen LogP contribution >= 0.6 is 27.5 Å². The van der Waals surface area contributed by atoms with Crippen LogP contribution in [0.1, 0.15) is 17.5 Å². The minimum Gasteiger partial charge on any atom is -0.366 e. The molecule has 5 heteroatoms. The number of nitriles is 1. The van der Waals surface area contributed by atoms with Gasteiger partial charge in [-0.15, -0.1) is 0 Å². The lowest BCUT2D eigenvalue weighted by atomic mass is 10.1. The summed E-state index contributed by atoms with van der Waals surface area (Å²) < 4.78 is 0. The van der Waals surface area contributed by atoms with Gasteiger partial charge in [-0.2, -0.15) is 5.26 Å². The average molecular weight is 365 g/mol. The van der Waals surface area contributed by atoms with Crippen LogP contribution in [0.15, 0.2) is 42.7 Å². The highest BCUT2D eigenvalue weighted by molar-refractivity contribution is 9.08. The number of hydrogen-bond donors (Lipinski definition) is 0. The van der Waals surface area contributed by atoms with E-state index < -0.39 is 0 Å². The zero-order chi connectivity index (χ0) is 15.1. The molecule has 2 rings (SSSR count). The molecule has 0 saturated heterocycles. The lowest BCUT2D eigenvalue weighted by Gasteiger charge is -2.26. The lowest BCUT2D eigenvalue weighted by Crippen LogP contribution is -2.24. The van der Waals surface area contributed by atoms with Crippen LogP contribution in [-0.4, -0.2) is 11.5 Å². The van der Waals surface area contributed by atoms with Gasteiger partial charge >= 0.3 is 0 Å². The third-order valence-corrected chi connectivity index (χ3v) is 3.96. The Morgan fingerprint density at radius 1 is 1.33 bits per heavy atom. The van der Waals surface area contributed by atoms with Gasteiger partial charge in [0.2, 0.25) is 0 Å². The van der Waals surface area contributed by atoms with Gasteiger partial charge in [0.05, 0.1) is 12.5 Å². The van der Waals surface area contributed by atoms with E-state index in [2.05, 4.69) is 31.9 Å². The number of anilines is 1. The van der Waals surface area contributed by atoms with Gasteiger partial charge in [-0.1, -0.05) is 39.7 Å². The number of hydrogen-bond acceptors (Lipinski definition) is 3. The first-order chi connectivity index (χ1) is 10.2. The number of halogens is 2. The highest BCUT2D eigenvalue weighted by Gasteiger charge is 2.12. The summed E-state index contributed by atoms with van der Waals surface area (Å²) in [6.45, 7) is 1.36. The van der Waals surface area contributed by atoms with E-state index >= 15 is 0 Å². The van der Waals surface area contributed by atoms with E-state index in [1.807, 2.05) is 36.5 Å². The van der Waals surface area contributed by atoms with Crippen molar-refractivity contribution in [1.29, 1.82) is 5.26 Å². The Hall–Kier alpha value is -1.57. The van der Waals surface area contributed by atoms with Crippen LogP contribution in [0.3, 0.4) is 0 Å². The molecule has 0 saturated carbocycles. The molecule has 0 aliphatic rings. The van der Waals surface area contributed by atoms with E-state index in [1.165, 1.54) is 0 Å². The topological polar surface area (TPSA) is 39.9 Å². The molecule has 0 aliphatic carbocycles. The molecule has 0 aliphatic heterocycles. The van der Waals surface area contributed by atoms with E-state index in [1.54, 1.807) is 6.20 Å². The first-order valence-corrected chi connectivity index (χ1v) is 8.09. The van der Waals surface area contributed by atoms with Crippen LogP contribution in [-0.2, 0) is 11.9 Å². The molecule has 3 nitrogen and oxygen atoms in total. The molecular formula is C16H15BrClN3. The van der Waals surface area contributed by atoms with Crippen LogP contribution in [0.25, 0.3) is 0 Å². The standard InChI is InChI=1S/C16H15BrClN3/c17-10-14-4-5-15(18)9-16(14)21(8-2-6-19)12-13-3-1-7-20-11-13/h1,3-5,7,9,11H,2,8,10,12H2. The third kappa shape index (κ3) is 4.45. The van der Waals surface area contributed by atoms with Crippen molar-refractivity contribution in [3.63, 3.8) is 0 Å². The van der Waals surface area contributed by atoms with E-state index in [4.69, 9.17) is 16.9 Å². The number of benzene rings is 1. The number of pyridine rings is 1. The van der Waals surface area contributed by atoms with Crippen molar-refractivity contribution in [3.8, 4) is 6.07 Å². The fourth-order valence-corrected chi connectivity index (χ4v) is 2.77. The summed E-state index contributed by atoms with van der Waals surface area (Å²) in [5.41, 5.74) is 3.32. The maximum absolute atomic E-state index is 8.88. The van der Waals surface area contributed by atoms with Gasteiger partial charge in [-0.25, -0.2) is 0 Å². The van der Waals surface area contributed by atoms with Crippen molar-refractivity contribution < 1.29 is 0 Å². The second kappa shape index (κ2) is 8.02. The van der Waals surface area contributed by atoms with Gasteiger partial charge in [-0.3, -0.25) is 4.98 Å². The second-order valence-electron chi connectivity index (χ2n) is 4.60. The fraction of sp³-hybridized carbons (Fsp3) is 0.250. The predicted octanol–water partition coefficient (Wildman–Crippen LogP) is 4.55. The molecule has 0 fully saturated rings. The van der Waals surface area contributed by atoms with Crippen LogP contribution in [0.5, 0.6) is 0 Å². The number of aromatic nitrogens is 1. The van der Waals surface area contributed by atoms with Crippen LogP contribution in [0.2, 0.25) is 5.02 Å². The summed E-state index contributed by atoms with van der Waals surface area (Å²) in [7, 11) is 0. The highest BCUT2D eigenvalue weighted by Crippen LogP contribution is 2.28. The number of rotatable bonds is 6. The summed E-state index contributed by atoms with van der Waals surface area (Å²) in [6.07, 6.45) is 4.07. The smallest absolute Gasteiger partial charge is 0.0640 e. The van der Waals surface area contributed by atoms with E-state index in [-0.39, 0.29) is 0 Å². The molecule has 1 aromatic heterocycles. The molecule has 0 N–H and O–H groups in total. The van der Waals surface area contributed by atoms with E-state index in [9.17, 15) is 0 Å². The Morgan fingerprint density at radius 2 is 2.19 bits per heavy atom. The van der Waals surface area contributed by atoms with Gasteiger partial charge in [0.1, 0.15) is 0 Å². The molecule has 108 valence electrons. The summed E-state index contributed by atoms with van der Waals surface area (Å²) in [5, 5.41) is 10.3. The molecule has 21 heavy (non-hydrogen) atoms. The van der Waals surface area contributed by atoms with Gasteiger partial charge in [0.15, 0.2) is 0 Å². The number of alkyl halides is 1. The van der Waals surface area contributed by atoms with E-state index in [0.29, 0.717) is 24.5 Å². The first-order valence-electron chi connectivity index (χ1n) is 6.60. The van der Waals surface area contributed by atoms with Crippen LogP contribution in [0, 0.1) is 11.3 Å². The van der Waals surface area contributed by atoms with Gasteiger partial charge in [0, 0.05) is 41.5 Å². The van der Waals surface area contributed by atoms with Crippen molar-refractivity contribution in [3.05, 3.63) is 58.9 Å². The normalized spacial score (nSPS) is 10.1. The molecule has 0 atom stereocenters. The molecular weight excluding hydrogens is 350 g/mol. The Kier molecular flexibility index (Phi) is 6.04. The van der Waals surface area contributed by atoms with E-state index in [0.717, 1.165) is 22.1 Å². The molecule has 0 radical (unpaired) electrons.